The second-order valence-corrected chi connectivity index (χ2v) is 5.46. The quantitative estimate of drug-likeness (QED) is 0.381. The van der Waals surface area contributed by atoms with E-state index in [0.717, 1.165) is 45.2 Å². The van der Waals surface area contributed by atoms with Crippen molar-refractivity contribution in [2.24, 2.45) is 4.99 Å². The van der Waals surface area contributed by atoms with Crippen molar-refractivity contribution in [3.63, 3.8) is 0 Å². The van der Waals surface area contributed by atoms with Gasteiger partial charge < -0.3 is 20.3 Å². The summed E-state index contributed by atoms with van der Waals surface area (Å²) < 4.78 is 5.05. The zero-order valence-corrected chi connectivity index (χ0v) is 14.2. The van der Waals surface area contributed by atoms with Crippen molar-refractivity contribution in [1.82, 2.24) is 20.4 Å². The van der Waals surface area contributed by atoms with E-state index in [9.17, 15) is 0 Å². The minimum atomic E-state index is 0.488. The Hall–Kier alpha value is -0.850. The largest absolute Gasteiger partial charge is 0.383 e. The number of likely N-dealkylation sites (N-methyl/N-ethyl adjacent to an activating group) is 1. The summed E-state index contributed by atoms with van der Waals surface area (Å²) in [7, 11) is 1.71. The molecule has 1 heterocycles. The predicted molar refractivity (Wildman–Crippen MR) is 89.0 cm³/mol. The van der Waals surface area contributed by atoms with Crippen molar-refractivity contribution in [3.8, 4) is 0 Å². The van der Waals surface area contributed by atoms with Crippen LogP contribution in [0.4, 0.5) is 0 Å². The van der Waals surface area contributed by atoms with E-state index in [4.69, 9.17) is 4.74 Å². The van der Waals surface area contributed by atoms with E-state index < -0.39 is 0 Å². The molecule has 1 rings (SSSR count). The van der Waals surface area contributed by atoms with Gasteiger partial charge in [-0.15, -0.1) is 0 Å². The van der Waals surface area contributed by atoms with Gasteiger partial charge >= 0.3 is 0 Å². The maximum Gasteiger partial charge on any atom is 0.191 e. The Bertz CT molecular complexity index is 290. The van der Waals surface area contributed by atoms with Gasteiger partial charge in [-0.2, -0.15) is 0 Å². The third-order valence-electron chi connectivity index (χ3n) is 3.93. The van der Waals surface area contributed by atoms with Crippen molar-refractivity contribution in [3.05, 3.63) is 0 Å². The number of guanidine groups is 1. The number of aliphatic imine (C=N–C) groups is 1. The van der Waals surface area contributed by atoms with Crippen LogP contribution in [0.2, 0.25) is 0 Å². The van der Waals surface area contributed by atoms with Crippen LogP contribution in [0.3, 0.4) is 0 Å². The maximum absolute atomic E-state index is 5.05. The Labute approximate surface area is 129 Å². The van der Waals surface area contributed by atoms with Gasteiger partial charge in [0.15, 0.2) is 5.96 Å². The summed E-state index contributed by atoms with van der Waals surface area (Å²) in [5.74, 6) is 0.883. The van der Waals surface area contributed by atoms with Gasteiger partial charge in [0.25, 0.3) is 0 Å². The number of hydrogen-bond acceptors (Lipinski definition) is 4. The summed E-state index contributed by atoms with van der Waals surface area (Å²) in [6.07, 6.45) is 0. The molecule has 0 saturated carbocycles. The van der Waals surface area contributed by atoms with Crippen LogP contribution in [-0.4, -0.2) is 87.9 Å². The zero-order valence-electron chi connectivity index (χ0n) is 14.2. The van der Waals surface area contributed by atoms with E-state index >= 15 is 0 Å². The van der Waals surface area contributed by atoms with Crippen LogP contribution in [-0.2, 0) is 4.74 Å². The van der Waals surface area contributed by atoms with E-state index in [-0.39, 0.29) is 0 Å². The van der Waals surface area contributed by atoms with E-state index in [1.54, 1.807) is 7.11 Å². The van der Waals surface area contributed by atoms with Crippen molar-refractivity contribution in [2.45, 2.75) is 26.8 Å². The van der Waals surface area contributed by atoms with E-state index in [1.807, 2.05) is 0 Å². The minimum Gasteiger partial charge on any atom is -0.383 e. The first-order chi connectivity index (χ1) is 10.2. The fraction of sp³-hybridized carbons (Fsp3) is 0.933. The van der Waals surface area contributed by atoms with Crippen molar-refractivity contribution in [2.75, 3.05) is 66.1 Å². The summed E-state index contributed by atoms with van der Waals surface area (Å²) in [5, 5.41) is 6.56. The van der Waals surface area contributed by atoms with Gasteiger partial charge in [0, 0.05) is 52.4 Å². The number of hydrogen-bond donors (Lipinski definition) is 2. The second-order valence-electron chi connectivity index (χ2n) is 5.46. The lowest BCUT2D eigenvalue weighted by Crippen LogP contribution is -2.50. The Morgan fingerprint density at radius 1 is 1.19 bits per heavy atom. The molecule has 0 amide bonds. The number of piperazine rings is 1. The average Bonchev–Trinajstić information content (AvgIpc) is 2.52. The van der Waals surface area contributed by atoms with Crippen molar-refractivity contribution in [1.29, 1.82) is 0 Å². The molecule has 0 spiro atoms. The number of rotatable bonds is 8. The van der Waals surface area contributed by atoms with Crippen molar-refractivity contribution < 1.29 is 4.74 Å². The Balaban J connectivity index is 2.36. The SMILES string of the molecule is CCNC(=NCC(C)N1CCN(CC)CC1)NCCOC. The Morgan fingerprint density at radius 3 is 2.48 bits per heavy atom. The number of nitrogens with one attached hydrogen (secondary N) is 2. The van der Waals surface area contributed by atoms with Crippen LogP contribution in [0, 0.1) is 0 Å². The van der Waals surface area contributed by atoms with Gasteiger partial charge in [-0.25, -0.2) is 0 Å². The van der Waals surface area contributed by atoms with Crippen LogP contribution < -0.4 is 10.6 Å². The molecule has 6 nitrogen and oxygen atoms in total. The fourth-order valence-corrected chi connectivity index (χ4v) is 2.47. The second kappa shape index (κ2) is 10.8. The minimum absolute atomic E-state index is 0.488. The monoisotopic (exact) mass is 299 g/mol. The zero-order chi connectivity index (χ0) is 15.5. The lowest BCUT2D eigenvalue weighted by atomic mass is 10.2. The molecule has 1 aliphatic rings. The van der Waals surface area contributed by atoms with E-state index in [0.29, 0.717) is 12.6 Å². The summed E-state index contributed by atoms with van der Waals surface area (Å²) >= 11 is 0. The lowest BCUT2D eigenvalue weighted by molar-refractivity contribution is 0.109. The molecule has 1 aliphatic heterocycles. The molecule has 6 heteroatoms. The molecule has 1 atom stereocenters. The maximum atomic E-state index is 5.05. The Kier molecular flexibility index (Phi) is 9.37. The number of nitrogens with zero attached hydrogens (tertiary/aromatic N) is 3. The molecule has 0 aromatic carbocycles. The van der Waals surface area contributed by atoms with E-state index in [1.165, 1.54) is 13.1 Å². The van der Waals surface area contributed by atoms with Gasteiger partial charge in [-0.1, -0.05) is 6.92 Å². The molecule has 1 fully saturated rings. The standard InChI is InChI=1S/C15H33N5O/c1-5-16-15(17-7-12-21-4)18-13-14(3)20-10-8-19(6-2)9-11-20/h14H,5-13H2,1-4H3,(H2,16,17,18). The summed E-state index contributed by atoms with van der Waals surface area (Å²) in [5.41, 5.74) is 0. The molecule has 0 aromatic rings. The molecule has 0 aliphatic carbocycles. The highest BCUT2D eigenvalue weighted by atomic mass is 16.5. The molecule has 0 bridgehead atoms. The average molecular weight is 299 g/mol. The van der Waals surface area contributed by atoms with Gasteiger partial charge in [-0.05, 0) is 20.4 Å². The van der Waals surface area contributed by atoms with Gasteiger partial charge in [0.2, 0.25) is 0 Å². The molecule has 2 N–H and O–H groups in total. The fourth-order valence-electron chi connectivity index (χ4n) is 2.47. The third kappa shape index (κ3) is 7.11. The van der Waals surface area contributed by atoms with Crippen LogP contribution >= 0.6 is 0 Å². The van der Waals surface area contributed by atoms with E-state index in [2.05, 4.69) is 46.2 Å². The highest BCUT2D eigenvalue weighted by Gasteiger charge is 2.19. The lowest BCUT2D eigenvalue weighted by Gasteiger charge is -2.37. The number of ether oxygens (including phenoxy) is 1. The van der Waals surface area contributed by atoms with Crippen LogP contribution in [0.1, 0.15) is 20.8 Å². The van der Waals surface area contributed by atoms with Crippen molar-refractivity contribution >= 4 is 5.96 Å². The van der Waals surface area contributed by atoms with Crippen LogP contribution in [0.15, 0.2) is 4.99 Å². The van der Waals surface area contributed by atoms with Gasteiger partial charge in [-0.3, -0.25) is 9.89 Å². The highest BCUT2D eigenvalue weighted by molar-refractivity contribution is 5.79. The summed E-state index contributed by atoms with van der Waals surface area (Å²) in [6.45, 7) is 15.6. The van der Waals surface area contributed by atoms with Crippen LogP contribution in [0.25, 0.3) is 0 Å². The first-order valence-corrected chi connectivity index (χ1v) is 8.18. The number of methoxy groups -OCH3 is 1. The summed E-state index contributed by atoms with van der Waals surface area (Å²) in [6, 6.07) is 0.488. The summed E-state index contributed by atoms with van der Waals surface area (Å²) in [4.78, 5) is 9.72. The van der Waals surface area contributed by atoms with Crippen LogP contribution in [0.5, 0.6) is 0 Å². The smallest absolute Gasteiger partial charge is 0.191 e. The first-order valence-electron chi connectivity index (χ1n) is 8.18. The molecule has 1 unspecified atom stereocenters. The first kappa shape index (κ1) is 18.2. The van der Waals surface area contributed by atoms with Gasteiger partial charge in [0.05, 0.1) is 13.2 Å². The molecule has 124 valence electrons. The predicted octanol–water partition coefficient (Wildman–Crippen LogP) is 0.214. The molecule has 0 radical (unpaired) electrons. The highest BCUT2D eigenvalue weighted by Crippen LogP contribution is 2.06. The molecule has 0 aromatic heterocycles. The third-order valence-corrected chi connectivity index (χ3v) is 3.93. The Morgan fingerprint density at radius 2 is 1.90 bits per heavy atom. The molecule has 21 heavy (non-hydrogen) atoms. The molecule has 1 saturated heterocycles. The normalized spacial score (nSPS) is 19.5. The van der Waals surface area contributed by atoms with Gasteiger partial charge in [0.1, 0.15) is 0 Å². The topological polar surface area (TPSA) is 52.1 Å². The molecular formula is C15H33N5O. The molecular weight excluding hydrogens is 266 g/mol.